The standard InChI is InChI=1S/C12H12BrFN2O3/c13-9-5-7(1-2-10(9)14)15-11(18)12(19)16-4-3-8(17)6-16/h1-2,5,8,17H,3-4,6H2,(H,15,18)/t8-/m1/s1. The molecule has 5 nitrogen and oxygen atoms in total. The molecule has 1 aromatic rings. The number of anilines is 1. The van der Waals surface area contributed by atoms with Crippen molar-refractivity contribution in [3.63, 3.8) is 0 Å². The van der Waals surface area contributed by atoms with Crippen LogP contribution in [0.15, 0.2) is 22.7 Å². The fourth-order valence-electron chi connectivity index (χ4n) is 1.83. The van der Waals surface area contributed by atoms with Crippen LogP contribution in [0.2, 0.25) is 0 Å². The van der Waals surface area contributed by atoms with Gasteiger partial charge >= 0.3 is 11.8 Å². The van der Waals surface area contributed by atoms with Crippen molar-refractivity contribution in [3.05, 3.63) is 28.5 Å². The van der Waals surface area contributed by atoms with Gasteiger partial charge in [0.25, 0.3) is 0 Å². The summed E-state index contributed by atoms with van der Waals surface area (Å²) in [5.74, 6) is -1.95. The molecule has 1 fully saturated rings. The molecule has 0 bridgehead atoms. The van der Waals surface area contributed by atoms with Gasteiger partial charge < -0.3 is 15.3 Å². The fourth-order valence-corrected chi connectivity index (χ4v) is 2.21. The van der Waals surface area contributed by atoms with Crippen molar-refractivity contribution in [1.29, 1.82) is 0 Å². The largest absolute Gasteiger partial charge is 0.391 e. The van der Waals surface area contributed by atoms with Crippen LogP contribution in [0.25, 0.3) is 0 Å². The van der Waals surface area contributed by atoms with E-state index in [-0.39, 0.29) is 11.0 Å². The Morgan fingerprint density at radius 1 is 1.47 bits per heavy atom. The predicted molar refractivity (Wildman–Crippen MR) is 69.9 cm³/mol. The molecule has 2 N–H and O–H groups in total. The van der Waals surface area contributed by atoms with Gasteiger partial charge in [-0.15, -0.1) is 0 Å². The van der Waals surface area contributed by atoms with E-state index in [0.29, 0.717) is 18.7 Å². The van der Waals surface area contributed by atoms with Gasteiger partial charge in [-0.25, -0.2) is 4.39 Å². The smallest absolute Gasteiger partial charge is 0.313 e. The SMILES string of the molecule is O=C(Nc1ccc(F)c(Br)c1)C(=O)N1CC[C@@H](O)C1. The number of hydrogen-bond donors (Lipinski definition) is 2. The number of carbonyl (C=O) groups is 2. The molecule has 0 aromatic heterocycles. The van der Waals surface area contributed by atoms with E-state index in [1.165, 1.54) is 23.1 Å². The number of carbonyl (C=O) groups excluding carboxylic acids is 2. The average molecular weight is 331 g/mol. The summed E-state index contributed by atoms with van der Waals surface area (Å²) < 4.78 is 13.2. The number of amides is 2. The Labute approximate surface area is 117 Å². The molecule has 0 radical (unpaired) electrons. The van der Waals surface area contributed by atoms with Gasteiger partial charge in [-0.3, -0.25) is 9.59 Å². The highest BCUT2D eigenvalue weighted by Gasteiger charge is 2.28. The summed E-state index contributed by atoms with van der Waals surface area (Å²) in [4.78, 5) is 24.8. The molecule has 102 valence electrons. The lowest BCUT2D eigenvalue weighted by Crippen LogP contribution is -2.38. The maximum Gasteiger partial charge on any atom is 0.313 e. The average Bonchev–Trinajstić information content (AvgIpc) is 2.79. The Morgan fingerprint density at radius 3 is 2.79 bits per heavy atom. The van der Waals surface area contributed by atoms with E-state index in [2.05, 4.69) is 21.2 Å². The Bertz CT molecular complexity index is 524. The first kappa shape index (κ1) is 14.0. The molecule has 2 amide bonds. The minimum absolute atomic E-state index is 0.166. The number of nitrogens with zero attached hydrogens (tertiary/aromatic N) is 1. The normalized spacial score (nSPS) is 18.5. The third kappa shape index (κ3) is 3.30. The van der Waals surface area contributed by atoms with Gasteiger partial charge in [0.1, 0.15) is 5.82 Å². The van der Waals surface area contributed by atoms with Crippen LogP contribution >= 0.6 is 15.9 Å². The number of aliphatic hydroxyl groups is 1. The number of halogens is 2. The van der Waals surface area contributed by atoms with Crippen molar-refractivity contribution in [3.8, 4) is 0 Å². The van der Waals surface area contributed by atoms with Crippen LogP contribution in [0.5, 0.6) is 0 Å². The van der Waals surface area contributed by atoms with Gasteiger partial charge in [0.15, 0.2) is 0 Å². The minimum atomic E-state index is -0.799. The molecular weight excluding hydrogens is 319 g/mol. The summed E-state index contributed by atoms with van der Waals surface area (Å²) in [6.45, 7) is 0.528. The molecule has 1 atom stereocenters. The van der Waals surface area contributed by atoms with E-state index < -0.39 is 23.7 Å². The Kier molecular flexibility index (Phi) is 4.16. The molecule has 19 heavy (non-hydrogen) atoms. The Hall–Kier alpha value is -1.47. The van der Waals surface area contributed by atoms with Crippen LogP contribution in [0.1, 0.15) is 6.42 Å². The lowest BCUT2D eigenvalue weighted by atomic mass is 10.3. The summed E-state index contributed by atoms with van der Waals surface area (Å²) in [6.07, 6.45) is -0.0992. The zero-order valence-electron chi connectivity index (χ0n) is 9.90. The molecule has 1 aromatic carbocycles. The highest BCUT2D eigenvalue weighted by atomic mass is 79.9. The maximum absolute atomic E-state index is 13.0. The van der Waals surface area contributed by atoms with Crippen LogP contribution in [0.4, 0.5) is 10.1 Å². The van der Waals surface area contributed by atoms with E-state index in [9.17, 15) is 19.1 Å². The van der Waals surface area contributed by atoms with Gasteiger partial charge in [-0.2, -0.15) is 0 Å². The molecule has 7 heteroatoms. The molecule has 1 saturated heterocycles. The molecule has 1 aliphatic rings. The first-order chi connectivity index (χ1) is 8.97. The number of β-amino-alcohol motifs (C(OH)–C–C–N with tert-alkyl or cyclic N) is 1. The molecule has 0 aliphatic carbocycles. The van der Waals surface area contributed by atoms with Crippen molar-refractivity contribution < 1.29 is 19.1 Å². The summed E-state index contributed by atoms with van der Waals surface area (Å²) in [6, 6.07) is 3.92. The second-order valence-corrected chi connectivity index (χ2v) is 5.13. The van der Waals surface area contributed by atoms with Crippen LogP contribution < -0.4 is 5.32 Å². The zero-order valence-corrected chi connectivity index (χ0v) is 11.5. The Morgan fingerprint density at radius 2 is 2.21 bits per heavy atom. The lowest BCUT2D eigenvalue weighted by Gasteiger charge is -2.14. The highest BCUT2D eigenvalue weighted by molar-refractivity contribution is 9.10. The summed E-state index contributed by atoms with van der Waals surface area (Å²) >= 11 is 2.99. The number of benzene rings is 1. The van der Waals surface area contributed by atoms with Gasteiger partial charge in [-0.1, -0.05) is 0 Å². The predicted octanol–water partition coefficient (Wildman–Crippen LogP) is 1.12. The molecule has 2 rings (SSSR count). The first-order valence-electron chi connectivity index (χ1n) is 5.71. The van der Waals surface area contributed by atoms with Crippen LogP contribution in [-0.2, 0) is 9.59 Å². The van der Waals surface area contributed by atoms with Crippen molar-refractivity contribution in [1.82, 2.24) is 4.90 Å². The molecule has 1 heterocycles. The molecular formula is C12H12BrFN2O3. The van der Waals surface area contributed by atoms with E-state index in [1.54, 1.807) is 0 Å². The number of likely N-dealkylation sites (tertiary alicyclic amines) is 1. The highest BCUT2D eigenvalue weighted by Crippen LogP contribution is 2.20. The van der Waals surface area contributed by atoms with E-state index in [0.717, 1.165) is 0 Å². The van der Waals surface area contributed by atoms with E-state index >= 15 is 0 Å². The third-order valence-electron chi connectivity index (χ3n) is 2.82. The fraction of sp³-hybridized carbons (Fsp3) is 0.333. The molecule has 0 spiro atoms. The second-order valence-electron chi connectivity index (χ2n) is 4.28. The lowest BCUT2D eigenvalue weighted by molar-refractivity contribution is -0.142. The van der Waals surface area contributed by atoms with Crippen molar-refractivity contribution in [2.75, 3.05) is 18.4 Å². The molecule has 0 unspecified atom stereocenters. The van der Waals surface area contributed by atoms with Crippen molar-refractivity contribution in [2.24, 2.45) is 0 Å². The molecule has 0 saturated carbocycles. The van der Waals surface area contributed by atoms with Gasteiger partial charge in [0.2, 0.25) is 0 Å². The number of rotatable bonds is 1. The zero-order chi connectivity index (χ0) is 14.0. The van der Waals surface area contributed by atoms with Gasteiger partial charge in [-0.05, 0) is 40.5 Å². The van der Waals surface area contributed by atoms with Crippen molar-refractivity contribution >= 4 is 33.4 Å². The topological polar surface area (TPSA) is 69.6 Å². The summed E-state index contributed by atoms with van der Waals surface area (Å²) in [5, 5.41) is 11.7. The maximum atomic E-state index is 13.0. The Balaban J connectivity index is 2.00. The van der Waals surface area contributed by atoms with Crippen LogP contribution in [0, 0.1) is 5.82 Å². The van der Waals surface area contributed by atoms with Gasteiger partial charge in [0, 0.05) is 18.8 Å². The van der Waals surface area contributed by atoms with Crippen molar-refractivity contribution in [2.45, 2.75) is 12.5 Å². The number of hydrogen-bond acceptors (Lipinski definition) is 3. The van der Waals surface area contributed by atoms with E-state index in [1.807, 2.05) is 0 Å². The third-order valence-corrected chi connectivity index (χ3v) is 3.43. The number of aliphatic hydroxyl groups excluding tert-OH is 1. The minimum Gasteiger partial charge on any atom is -0.391 e. The number of nitrogens with one attached hydrogen (secondary N) is 1. The summed E-state index contributed by atoms with van der Waals surface area (Å²) in [7, 11) is 0. The quantitative estimate of drug-likeness (QED) is 0.758. The monoisotopic (exact) mass is 330 g/mol. The second kappa shape index (κ2) is 5.66. The molecule has 1 aliphatic heterocycles. The van der Waals surface area contributed by atoms with Gasteiger partial charge in [0.05, 0.1) is 10.6 Å². The van der Waals surface area contributed by atoms with Crippen LogP contribution in [0.3, 0.4) is 0 Å². The van der Waals surface area contributed by atoms with E-state index in [4.69, 9.17) is 0 Å². The summed E-state index contributed by atoms with van der Waals surface area (Å²) in [5.41, 5.74) is 0.325. The van der Waals surface area contributed by atoms with Crippen LogP contribution in [-0.4, -0.2) is 41.0 Å². The first-order valence-corrected chi connectivity index (χ1v) is 6.50.